The molecule has 0 aromatic heterocycles. The van der Waals surface area contributed by atoms with Crippen LogP contribution in [0.3, 0.4) is 0 Å². The number of rotatable bonds is 5. The predicted octanol–water partition coefficient (Wildman–Crippen LogP) is 3.14. The molecule has 3 rings (SSSR count). The third-order valence-corrected chi connectivity index (χ3v) is 4.56. The number of guanidine groups is 1. The maximum absolute atomic E-state index is 14.0. The van der Waals surface area contributed by atoms with Gasteiger partial charge >= 0.3 is 0 Å². The van der Waals surface area contributed by atoms with Crippen molar-refractivity contribution in [2.75, 3.05) is 24.5 Å². The third-order valence-electron chi connectivity index (χ3n) is 4.56. The molecule has 28 heavy (non-hydrogen) atoms. The Labute approximate surface area is 161 Å². The van der Waals surface area contributed by atoms with Crippen molar-refractivity contribution in [3.8, 4) is 5.75 Å². The summed E-state index contributed by atoms with van der Waals surface area (Å²) in [4.78, 5) is 6.32. The van der Waals surface area contributed by atoms with E-state index in [1.165, 1.54) is 24.3 Å². The zero-order valence-electron chi connectivity index (χ0n) is 15.6. The molecule has 0 amide bonds. The van der Waals surface area contributed by atoms with E-state index in [0.29, 0.717) is 36.8 Å². The fraction of sp³-hybridized carbons (Fsp3) is 0.350. The van der Waals surface area contributed by atoms with Crippen LogP contribution in [0.2, 0.25) is 0 Å². The molecule has 1 saturated heterocycles. The molecule has 1 aliphatic rings. The Bertz CT molecular complexity index is 859. The number of aromatic hydroxyl groups is 1. The molecule has 8 heteroatoms. The van der Waals surface area contributed by atoms with Crippen LogP contribution in [0.4, 0.5) is 18.9 Å². The van der Waals surface area contributed by atoms with Crippen molar-refractivity contribution in [3.05, 3.63) is 59.4 Å². The zero-order chi connectivity index (χ0) is 20.1. The highest BCUT2D eigenvalue weighted by atomic mass is 19.1. The zero-order valence-corrected chi connectivity index (χ0v) is 15.6. The van der Waals surface area contributed by atoms with Gasteiger partial charge in [-0.3, -0.25) is 0 Å². The number of nitrogens with one attached hydrogen (secondary N) is 2. The summed E-state index contributed by atoms with van der Waals surface area (Å²) in [5, 5.41) is 15.7. The lowest BCUT2D eigenvalue weighted by Crippen LogP contribution is -2.44. The highest BCUT2D eigenvalue weighted by molar-refractivity contribution is 5.80. The number of hydrogen-bond donors (Lipinski definition) is 3. The van der Waals surface area contributed by atoms with Gasteiger partial charge in [0, 0.05) is 31.7 Å². The van der Waals surface area contributed by atoms with Gasteiger partial charge in [-0.25, -0.2) is 18.2 Å². The number of phenolic OH excluding ortho intramolecular Hbond substituents is 1. The molecule has 1 unspecified atom stereocenters. The molecule has 1 fully saturated rings. The van der Waals surface area contributed by atoms with Crippen LogP contribution in [0, 0.1) is 17.5 Å². The van der Waals surface area contributed by atoms with E-state index in [2.05, 4.69) is 15.6 Å². The molecule has 0 bridgehead atoms. The lowest BCUT2D eigenvalue weighted by molar-refractivity contribution is 0.432. The smallest absolute Gasteiger partial charge is 0.191 e. The Morgan fingerprint density at radius 1 is 1.18 bits per heavy atom. The molecule has 0 radical (unpaired) electrons. The molecule has 1 heterocycles. The highest BCUT2D eigenvalue weighted by Crippen LogP contribution is 2.24. The number of phenols is 1. The molecule has 150 valence electrons. The quantitative estimate of drug-likeness (QED) is 0.541. The average Bonchev–Trinajstić information content (AvgIpc) is 3.11. The molecule has 2 aromatic carbocycles. The van der Waals surface area contributed by atoms with Crippen LogP contribution in [0.1, 0.15) is 18.9 Å². The van der Waals surface area contributed by atoms with Crippen LogP contribution in [-0.4, -0.2) is 36.7 Å². The number of nitrogens with zero attached hydrogens (tertiary/aromatic N) is 2. The lowest BCUT2D eigenvalue weighted by Gasteiger charge is -2.21. The molecular weight excluding hydrogens is 369 g/mol. The van der Waals surface area contributed by atoms with Crippen LogP contribution in [-0.2, 0) is 6.54 Å². The maximum Gasteiger partial charge on any atom is 0.191 e. The largest absolute Gasteiger partial charge is 0.505 e. The van der Waals surface area contributed by atoms with Crippen LogP contribution < -0.4 is 15.5 Å². The lowest BCUT2D eigenvalue weighted by atomic mass is 10.2. The number of anilines is 1. The monoisotopic (exact) mass is 392 g/mol. The van der Waals surface area contributed by atoms with E-state index >= 15 is 0 Å². The Morgan fingerprint density at radius 2 is 2.00 bits per heavy atom. The van der Waals surface area contributed by atoms with Crippen molar-refractivity contribution in [3.63, 3.8) is 0 Å². The normalized spacial score (nSPS) is 17.1. The van der Waals surface area contributed by atoms with Crippen molar-refractivity contribution in [2.45, 2.75) is 25.9 Å². The number of halogens is 3. The second kappa shape index (κ2) is 8.86. The molecule has 0 spiro atoms. The molecule has 0 aliphatic carbocycles. The topological polar surface area (TPSA) is 59.9 Å². The van der Waals surface area contributed by atoms with Gasteiger partial charge in [-0.1, -0.05) is 6.07 Å². The van der Waals surface area contributed by atoms with Crippen LogP contribution in [0.15, 0.2) is 41.4 Å². The van der Waals surface area contributed by atoms with Crippen molar-refractivity contribution < 1.29 is 18.3 Å². The Hall–Kier alpha value is -2.90. The Kier molecular flexibility index (Phi) is 6.28. The SMILES string of the molecule is CCNC(=NCc1ccc(O)c(F)c1)NC1CCN(c2ccc(F)cc2F)C1. The summed E-state index contributed by atoms with van der Waals surface area (Å²) in [7, 11) is 0. The first-order chi connectivity index (χ1) is 13.5. The van der Waals surface area contributed by atoms with Gasteiger partial charge in [0.1, 0.15) is 11.6 Å². The van der Waals surface area contributed by atoms with Gasteiger partial charge in [-0.15, -0.1) is 0 Å². The van der Waals surface area contributed by atoms with Gasteiger partial charge in [-0.2, -0.15) is 0 Å². The van der Waals surface area contributed by atoms with Gasteiger partial charge in [0.05, 0.1) is 12.2 Å². The van der Waals surface area contributed by atoms with Gasteiger partial charge in [0.15, 0.2) is 17.5 Å². The Morgan fingerprint density at radius 3 is 2.71 bits per heavy atom. The fourth-order valence-corrected chi connectivity index (χ4v) is 3.17. The summed E-state index contributed by atoms with van der Waals surface area (Å²) >= 11 is 0. The molecule has 1 atom stereocenters. The van der Waals surface area contributed by atoms with Crippen molar-refractivity contribution in [1.82, 2.24) is 10.6 Å². The van der Waals surface area contributed by atoms with Crippen LogP contribution >= 0.6 is 0 Å². The summed E-state index contributed by atoms with van der Waals surface area (Å²) in [6.45, 7) is 4.03. The standard InChI is InChI=1S/C20H23F3N4O/c1-2-24-20(25-11-13-3-6-19(28)17(23)9-13)26-15-7-8-27(12-15)18-5-4-14(21)10-16(18)22/h3-6,9-10,15,28H,2,7-8,11-12H2,1H3,(H2,24,25,26). The van der Waals surface area contributed by atoms with Gasteiger partial charge < -0.3 is 20.6 Å². The summed E-state index contributed by atoms with van der Waals surface area (Å²) in [5.74, 6) is -1.67. The van der Waals surface area contributed by atoms with Crippen molar-refractivity contribution >= 4 is 11.6 Å². The first kappa shape index (κ1) is 19.9. The highest BCUT2D eigenvalue weighted by Gasteiger charge is 2.25. The fourth-order valence-electron chi connectivity index (χ4n) is 3.17. The molecule has 3 N–H and O–H groups in total. The number of hydrogen-bond acceptors (Lipinski definition) is 3. The van der Waals surface area contributed by atoms with E-state index in [1.54, 1.807) is 6.07 Å². The Balaban J connectivity index is 1.63. The summed E-state index contributed by atoms with van der Waals surface area (Å²) in [6, 6.07) is 7.79. The predicted molar refractivity (Wildman–Crippen MR) is 103 cm³/mol. The minimum absolute atomic E-state index is 0.0406. The summed E-state index contributed by atoms with van der Waals surface area (Å²) < 4.78 is 40.6. The third kappa shape index (κ3) is 4.88. The van der Waals surface area contributed by atoms with Gasteiger partial charge in [-0.05, 0) is 43.2 Å². The summed E-state index contributed by atoms with van der Waals surface area (Å²) in [6.07, 6.45) is 0.773. The molecule has 0 saturated carbocycles. The second-order valence-electron chi connectivity index (χ2n) is 6.65. The van der Waals surface area contributed by atoms with E-state index in [-0.39, 0.29) is 12.6 Å². The first-order valence-corrected chi connectivity index (χ1v) is 9.18. The number of benzene rings is 2. The first-order valence-electron chi connectivity index (χ1n) is 9.18. The average molecular weight is 392 g/mol. The van der Waals surface area contributed by atoms with Crippen LogP contribution in [0.5, 0.6) is 5.75 Å². The molecule has 2 aromatic rings. The van der Waals surface area contributed by atoms with Crippen molar-refractivity contribution in [1.29, 1.82) is 0 Å². The second-order valence-corrected chi connectivity index (χ2v) is 6.65. The van der Waals surface area contributed by atoms with Gasteiger partial charge in [0.25, 0.3) is 0 Å². The van der Waals surface area contributed by atoms with E-state index in [9.17, 15) is 18.3 Å². The minimum atomic E-state index is -0.682. The molecular formula is C20H23F3N4O. The van der Waals surface area contributed by atoms with Crippen LogP contribution in [0.25, 0.3) is 0 Å². The van der Waals surface area contributed by atoms with Crippen molar-refractivity contribution in [2.24, 2.45) is 4.99 Å². The van der Waals surface area contributed by atoms with E-state index in [4.69, 9.17) is 0 Å². The van der Waals surface area contributed by atoms with Gasteiger partial charge in [0.2, 0.25) is 0 Å². The van der Waals surface area contributed by atoms with E-state index in [1.807, 2.05) is 11.8 Å². The molecule has 1 aliphatic heterocycles. The minimum Gasteiger partial charge on any atom is -0.505 e. The number of aliphatic imine (C=N–C) groups is 1. The van der Waals surface area contributed by atoms with E-state index in [0.717, 1.165) is 12.5 Å². The maximum atomic E-state index is 14.0. The summed E-state index contributed by atoms with van der Waals surface area (Å²) in [5.41, 5.74) is 1.01. The van der Waals surface area contributed by atoms with E-state index < -0.39 is 23.2 Å². The molecule has 5 nitrogen and oxygen atoms in total.